The van der Waals surface area contributed by atoms with Crippen molar-refractivity contribution in [3.8, 4) is 0 Å². The zero-order valence-electron chi connectivity index (χ0n) is 14.2. The maximum Gasteiger partial charge on any atom is 0.323 e. The van der Waals surface area contributed by atoms with Gasteiger partial charge in [0.05, 0.1) is 0 Å². The Labute approximate surface area is 130 Å². The summed E-state index contributed by atoms with van der Waals surface area (Å²) in [5.41, 5.74) is 5.38. The number of ether oxygens (including phenoxy) is 1. The van der Waals surface area contributed by atoms with Crippen molar-refractivity contribution in [1.82, 2.24) is 0 Å². The molecule has 0 saturated carbocycles. The minimum Gasteiger partial charge on any atom is -0.459 e. The third-order valence-corrected chi connectivity index (χ3v) is 3.38. The molecule has 0 aliphatic carbocycles. The van der Waals surface area contributed by atoms with Crippen molar-refractivity contribution in [2.24, 2.45) is 5.73 Å². The van der Waals surface area contributed by atoms with Crippen molar-refractivity contribution in [1.29, 1.82) is 0 Å². The van der Waals surface area contributed by atoms with Gasteiger partial charge in [0.2, 0.25) is 0 Å². The van der Waals surface area contributed by atoms with Gasteiger partial charge < -0.3 is 15.6 Å². The predicted octanol–water partition coefficient (Wildman–Crippen LogP) is 3.55. The van der Waals surface area contributed by atoms with E-state index in [2.05, 4.69) is 0 Å². The summed E-state index contributed by atoms with van der Waals surface area (Å²) >= 11 is 0. The number of unbranched alkanes of at least 4 members (excludes halogenated alkanes) is 8. The Balaban J connectivity index is 3.40. The SMILES string of the molecule is CC(C)(C)OC(=O)[C@@H](N)CCCCCCCCCCCO. The van der Waals surface area contributed by atoms with Crippen molar-refractivity contribution in [2.75, 3.05) is 6.61 Å². The fourth-order valence-electron chi connectivity index (χ4n) is 2.21. The van der Waals surface area contributed by atoms with E-state index in [9.17, 15) is 4.79 Å². The summed E-state index contributed by atoms with van der Waals surface area (Å²) in [5, 5.41) is 8.67. The molecule has 0 spiro atoms. The van der Waals surface area contributed by atoms with Gasteiger partial charge in [-0.2, -0.15) is 0 Å². The van der Waals surface area contributed by atoms with E-state index in [1.165, 1.54) is 32.1 Å². The van der Waals surface area contributed by atoms with Gasteiger partial charge >= 0.3 is 5.97 Å². The van der Waals surface area contributed by atoms with E-state index in [0.717, 1.165) is 25.7 Å². The highest BCUT2D eigenvalue weighted by molar-refractivity contribution is 5.75. The Morgan fingerprint density at radius 3 is 1.81 bits per heavy atom. The van der Waals surface area contributed by atoms with Crippen LogP contribution in [-0.2, 0) is 9.53 Å². The van der Waals surface area contributed by atoms with Gasteiger partial charge in [0.15, 0.2) is 0 Å². The third kappa shape index (κ3) is 14.1. The topological polar surface area (TPSA) is 72.5 Å². The molecule has 0 heterocycles. The lowest BCUT2D eigenvalue weighted by Crippen LogP contribution is -2.37. The Hall–Kier alpha value is -0.610. The number of rotatable bonds is 12. The van der Waals surface area contributed by atoms with Crippen LogP contribution in [0.3, 0.4) is 0 Å². The summed E-state index contributed by atoms with van der Waals surface area (Å²) < 4.78 is 5.26. The van der Waals surface area contributed by atoms with Crippen molar-refractivity contribution in [3.05, 3.63) is 0 Å². The Morgan fingerprint density at radius 1 is 0.952 bits per heavy atom. The van der Waals surface area contributed by atoms with Crippen molar-refractivity contribution in [3.63, 3.8) is 0 Å². The van der Waals surface area contributed by atoms with Crippen LogP contribution < -0.4 is 5.73 Å². The molecule has 21 heavy (non-hydrogen) atoms. The highest BCUT2D eigenvalue weighted by atomic mass is 16.6. The average molecular weight is 301 g/mol. The van der Waals surface area contributed by atoms with Gasteiger partial charge in [0.1, 0.15) is 11.6 Å². The van der Waals surface area contributed by atoms with Gasteiger partial charge in [-0.1, -0.05) is 51.4 Å². The van der Waals surface area contributed by atoms with Gasteiger partial charge in [-0.05, 0) is 33.6 Å². The number of hydrogen-bond donors (Lipinski definition) is 2. The summed E-state index contributed by atoms with van der Waals surface area (Å²) in [4.78, 5) is 11.7. The van der Waals surface area contributed by atoms with E-state index in [-0.39, 0.29) is 5.97 Å². The van der Waals surface area contributed by atoms with E-state index in [4.69, 9.17) is 15.6 Å². The van der Waals surface area contributed by atoms with Crippen LogP contribution in [0.25, 0.3) is 0 Å². The maximum absolute atomic E-state index is 11.7. The standard InChI is InChI=1S/C17H35NO3/c1-17(2,3)21-16(20)15(18)13-11-9-7-5-4-6-8-10-12-14-19/h15,19H,4-14,18H2,1-3H3/t15-/m0/s1. The molecule has 3 N–H and O–H groups in total. The molecule has 0 bridgehead atoms. The van der Waals surface area contributed by atoms with Crippen LogP contribution in [0, 0.1) is 0 Å². The molecule has 0 rings (SSSR count). The monoisotopic (exact) mass is 301 g/mol. The van der Waals surface area contributed by atoms with Gasteiger partial charge in [-0.25, -0.2) is 0 Å². The molecule has 0 unspecified atom stereocenters. The number of aliphatic hydroxyl groups is 1. The van der Waals surface area contributed by atoms with E-state index in [1.54, 1.807) is 0 Å². The number of hydrogen-bond acceptors (Lipinski definition) is 4. The third-order valence-electron chi connectivity index (χ3n) is 3.38. The first kappa shape index (κ1) is 20.4. The van der Waals surface area contributed by atoms with Crippen LogP contribution in [0.1, 0.15) is 85.0 Å². The van der Waals surface area contributed by atoms with Crippen LogP contribution >= 0.6 is 0 Å². The summed E-state index contributed by atoms with van der Waals surface area (Å²) in [6.45, 7) is 5.90. The molecule has 4 heteroatoms. The van der Waals surface area contributed by atoms with Crippen LogP contribution in [0.4, 0.5) is 0 Å². The van der Waals surface area contributed by atoms with E-state index in [0.29, 0.717) is 13.0 Å². The minimum atomic E-state index is -0.484. The molecule has 126 valence electrons. The molecular weight excluding hydrogens is 266 g/mol. The predicted molar refractivity (Wildman–Crippen MR) is 87.1 cm³/mol. The van der Waals surface area contributed by atoms with Crippen molar-refractivity contribution in [2.45, 2.75) is 96.6 Å². The number of nitrogens with two attached hydrogens (primary N) is 1. The van der Waals surface area contributed by atoms with Gasteiger partial charge in [0.25, 0.3) is 0 Å². The zero-order valence-corrected chi connectivity index (χ0v) is 14.2. The molecule has 0 aliphatic rings. The zero-order chi connectivity index (χ0) is 16.1. The van der Waals surface area contributed by atoms with Gasteiger partial charge in [-0.15, -0.1) is 0 Å². The number of esters is 1. The second-order valence-corrected chi connectivity index (χ2v) is 6.83. The first-order valence-electron chi connectivity index (χ1n) is 8.46. The van der Waals surface area contributed by atoms with E-state index >= 15 is 0 Å². The lowest BCUT2D eigenvalue weighted by Gasteiger charge is -2.22. The van der Waals surface area contributed by atoms with Crippen molar-refractivity contribution >= 4 is 5.97 Å². The number of carbonyl (C=O) groups excluding carboxylic acids is 1. The number of aliphatic hydroxyl groups excluding tert-OH is 1. The largest absolute Gasteiger partial charge is 0.459 e. The molecule has 0 aromatic heterocycles. The maximum atomic E-state index is 11.7. The normalized spacial score (nSPS) is 13.2. The summed E-state index contributed by atoms with van der Waals surface area (Å²) in [7, 11) is 0. The second kappa shape index (κ2) is 12.0. The van der Waals surface area contributed by atoms with Crippen LogP contribution in [0.2, 0.25) is 0 Å². The summed E-state index contributed by atoms with van der Waals surface area (Å²) in [5.74, 6) is -0.286. The molecule has 0 aliphatic heterocycles. The van der Waals surface area contributed by atoms with Gasteiger partial charge in [-0.3, -0.25) is 4.79 Å². The smallest absolute Gasteiger partial charge is 0.323 e. The van der Waals surface area contributed by atoms with Crippen LogP contribution in [0.5, 0.6) is 0 Å². The summed E-state index contributed by atoms with van der Waals surface area (Å²) in [6.07, 6.45) is 11.1. The Morgan fingerprint density at radius 2 is 1.38 bits per heavy atom. The number of carbonyl (C=O) groups is 1. The Bertz CT molecular complexity index is 261. The fraction of sp³-hybridized carbons (Fsp3) is 0.941. The van der Waals surface area contributed by atoms with Gasteiger partial charge in [0, 0.05) is 6.61 Å². The average Bonchev–Trinajstić information content (AvgIpc) is 2.38. The molecule has 0 amide bonds. The molecule has 4 nitrogen and oxygen atoms in total. The van der Waals surface area contributed by atoms with E-state index in [1.807, 2.05) is 20.8 Å². The molecule has 0 aromatic carbocycles. The van der Waals surface area contributed by atoms with Crippen LogP contribution in [-0.4, -0.2) is 29.3 Å². The fourth-order valence-corrected chi connectivity index (χ4v) is 2.21. The highest BCUT2D eigenvalue weighted by Gasteiger charge is 2.21. The molecular formula is C17H35NO3. The molecule has 0 saturated heterocycles. The first-order valence-corrected chi connectivity index (χ1v) is 8.46. The Kier molecular flexibility index (Phi) is 11.6. The molecule has 0 aromatic rings. The van der Waals surface area contributed by atoms with Crippen LogP contribution in [0.15, 0.2) is 0 Å². The lowest BCUT2D eigenvalue weighted by molar-refractivity contribution is -0.156. The lowest BCUT2D eigenvalue weighted by atomic mass is 10.0. The molecule has 0 fully saturated rings. The quantitative estimate of drug-likeness (QED) is 0.427. The van der Waals surface area contributed by atoms with Crippen molar-refractivity contribution < 1.29 is 14.6 Å². The molecule has 1 atom stereocenters. The van der Waals surface area contributed by atoms with E-state index < -0.39 is 11.6 Å². The first-order chi connectivity index (χ1) is 9.87. The molecule has 0 radical (unpaired) electrons. The highest BCUT2D eigenvalue weighted by Crippen LogP contribution is 2.13. The summed E-state index contributed by atoms with van der Waals surface area (Å²) in [6, 6.07) is -0.484. The minimum absolute atomic E-state index is 0.286. The second-order valence-electron chi connectivity index (χ2n) is 6.83.